The fourth-order valence-corrected chi connectivity index (χ4v) is 2.88. The average molecular weight is 236 g/mol. The summed E-state index contributed by atoms with van der Waals surface area (Å²) in [5.41, 5.74) is 3.63. The molecular weight excluding hydrogens is 215 g/mol. The van der Waals surface area contributed by atoms with Gasteiger partial charge in [0.05, 0.1) is 0 Å². The van der Waals surface area contributed by atoms with Crippen molar-refractivity contribution in [3.63, 3.8) is 0 Å². The lowest BCUT2D eigenvalue weighted by Gasteiger charge is -2.23. The monoisotopic (exact) mass is 236 g/mol. The Labute approximate surface area is 102 Å². The van der Waals surface area contributed by atoms with Crippen LogP contribution in [0.15, 0.2) is 24.3 Å². The molecule has 3 atom stereocenters. The van der Waals surface area contributed by atoms with Gasteiger partial charge in [0.25, 0.3) is 0 Å². The first kappa shape index (κ1) is 12.5. The van der Waals surface area contributed by atoms with Gasteiger partial charge < -0.3 is 0 Å². The zero-order valence-electron chi connectivity index (χ0n) is 10.3. The van der Waals surface area contributed by atoms with Crippen molar-refractivity contribution in [1.29, 1.82) is 0 Å². The highest BCUT2D eigenvalue weighted by atomic mass is 19.1. The van der Waals surface area contributed by atoms with Crippen molar-refractivity contribution in [3.8, 4) is 0 Å². The summed E-state index contributed by atoms with van der Waals surface area (Å²) in [6.07, 6.45) is 4.34. The molecule has 0 heterocycles. The van der Waals surface area contributed by atoms with Crippen LogP contribution in [0.3, 0.4) is 0 Å². The second-order valence-corrected chi connectivity index (χ2v) is 5.25. The van der Waals surface area contributed by atoms with Gasteiger partial charge in [0.15, 0.2) is 0 Å². The van der Waals surface area contributed by atoms with Gasteiger partial charge >= 0.3 is 0 Å². The van der Waals surface area contributed by atoms with Gasteiger partial charge in [0, 0.05) is 6.04 Å². The van der Waals surface area contributed by atoms with Gasteiger partial charge in [-0.1, -0.05) is 31.5 Å². The number of nitrogens with two attached hydrogens (primary N) is 1. The first-order chi connectivity index (χ1) is 8.20. The van der Waals surface area contributed by atoms with Crippen molar-refractivity contribution in [2.24, 2.45) is 17.7 Å². The molecule has 0 bridgehead atoms. The Hall–Kier alpha value is -0.930. The van der Waals surface area contributed by atoms with Crippen LogP contribution in [0.5, 0.6) is 0 Å². The lowest BCUT2D eigenvalue weighted by Crippen LogP contribution is -2.41. The Balaban J connectivity index is 2.03. The predicted octanol–water partition coefficient (Wildman–Crippen LogP) is 2.64. The minimum absolute atomic E-state index is 0.126. The van der Waals surface area contributed by atoms with Crippen LogP contribution in [0.1, 0.15) is 31.7 Å². The molecule has 1 aromatic carbocycles. The first-order valence-corrected chi connectivity index (χ1v) is 6.40. The van der Waals surface area contributed by atoms with Crippen molar-refractivity contribution in [1.82, 2.24) is 5.43 Å². The van der Waals surface area contributed by atoms with Gasteiger partial charge in [0.1, 0.15) is 5.82 Å². The molecule has 1 fully saturated rings. The summed E-state index contributed by atoms with van der Waals surface area (Å²) in [6.45, 7) is 2.27. The quantitative estimate of drug-likeness (QED) is 0.623. The van der Waals surface area contributed by atoms with Crippen molar-refractivity contribution < 1.29 is 4.39 Å². The highest BCUT2D eigenvalue weighted by Crippen LogP contribution is 2.33. The summed E-state index contributed by atoms with van der Waals surface area (Å²) >= 11 is 0. The minimum Gasteiger partial charge on any atom is -0.271 e. The summed E-state index contributed by atoms with van der Waals surface area (Å²) in [5, 5.41) is 0. The van der Waals surface area contributed by atoms with Gasteiger partial charge in [0.2, 0.25) is 0 Å². The summed E-state index contributed by atoms with van der Waals surface area (Å²) in [6, 6.07) is 7.15. The van der Waals surface area contributed by atoms with Crippen LogP contribution >= 0.6 is 0 Å². The normalized spacial score (nSPS) is 26.1. The van der Waals surface area contributed by atoms with Crippen LogP contribution in [-0.2, 0) is 6.42 Å². The molecule has 1 saturated carbocycles. The van der Waals surface area contributed by atoms with Gasteiger partial charge in [-0.15, -0.1) is 0 Å². The number of rotatable bonds is 4. The van der Waals surface area contributed by atoms with E-state index >= 15 is 0 Å². The molecule has 0 amide bonds. The van der Waals surface area contributed by atoms with Gasteiger partial charge in [-0.05, 0) is 42.7 Å². The van der Waals surface area contributed by atoms with E-state index in [1.165, 1.54) is 25.3 Å². The second-order valence-electron chi connectivity index (χ2n) is 5.25. The Morgan fingerprint density at radius 1 is 1.41 bits per heavy atom. The fourth-order valence-electron chi connectivity index (χ4n) is 2.88. The molecular formula is C14H21FN2. The molecule has 3 heteroatoms. The molecule has 0 saturated heterocycles. The third kappa shape index (κ3) is 3.05. The summed E-state index contributed by atoms with van der Waals surface area (Å²) in [7, 11) is 0. The molecule has 17 heavy (non-hydrogen) atoms. The number of hydrogen-bond donors (Lipinski definition) is 2. The van der Waals surface area contributed by atoms with Gasteiger partial charge in [-0.25, -0.2) is 4.39 Å². The van der Waals surface area contributed by atoms with Crippen molar-refractivity contribution >= 4 is 0 Å². The highest BCUT2D eigenvalue weighted by Gasteiger charge is 2.28. The molecule has 0 aliphatic heterocycles. The second kappa shape index (κ2) is 5.61. The molecule has 0 radical (unpaired) electrons. The van der Waals surface area contributed by atoms with Crippen molar-refractivity contribution in [2.75, 3.05) is 0 Å². The number of benzene rings is 1. The summed E-state index contributed by atoms with van der Waals surface area (Å²) in [5.74, 6) is 6.85. The minimum atomic E-state index is -0.126. The summed E-state index contributed by atoms with van der Waals surface area (Å²) < 4.78 is 13.6. The Bertz CT molecular complexity index is 367. The van der Waals surface area contributed by atoms with Gasteiger partial charge in [-0.3, -0.25) is 11.3 Å². The fraction of sp³-hybridized carbons (Fsp3) is 0.571. The van der Waals surface area contributed by atoms with E-state index in [1.54, 1.807) is 6.07 Å². The molecule has 1 aliphatic rings. The zero-order valence-corrected chi connectivity index (χ0v) is 10.3. The topological polar surface area (TPSA) is 38.0 Å². The SMILES string of the molecule is CC1CCC(C(Cc2ccccc2F)NN)C1. The molecule has 0 spiro atoms. The third-order valence-corrected chi connectivity index (χ3v) is 3.92. The lowest BCUT2D eigenvalue weighted by molar-refractivity contribution is 0.349. The Morgan fingerprint density at radius 2 is 2.18 bits per heavy atom. The first-order valence-electron chi connectivity index (χ1n) is 6.40. The van der Waals surface area contributed by atoms with E-state index in [9.17, 15) is 4.39 Å². The number of hydrogen-bond acceptors (Lipinski definition) is 2. The van der Waals surface area contributed by atoms with Crippen molar-refractivity contribution in [2.45, 2.75) is 38.6 Å². The predicted molar refractivity (Wildman–Crippen MR) is 67.7 cm³/mol. The van der Waals surface area contributed by atoms with E-state index in [0.29, 0.717) is 12.3 Å². The van der Waals surface area contributed by atoms with E-state index in [1.807, 2.05) is 12.1 Å². The van der Waals surface area contributed by atoms with Gasteiger partial charge in [-0.2, -0.15) is 0 Å². The molecule has 1 aromatic rings. The largest absolute Gasteiger partial charge is 0.271 e. The standard InChI is InChI=1S/C14H21FN2/c1-10-6-7-12(8-10)14(17-16)9-11-4-2-3-5-13(11)15/h2-5,10,12,14,17H,6-9,16H2,1H3. The average Bonchev–Trinajstić information content (AvgIpc) is 2.75. The van der Waals surface area contributed by atoms with Crippen molar-refractivity contribution in [3.05, 3.63) is 35.6 Å². The maximum atomic E-state index is 13.6. The number of hydrazine groups is 1. The van der Waals surface area contributed by atoms with Crippen LogP contribution in [0.4, 0.5) is 4.39 Å². The Kier molecular flexibility index (Phi) is 4.13. The van der Waals surface area contributed by atoms with Crippen LogP contribution in [0.2, 0.25) is 0 Å². The molecule has 3 N–H and O–H groups in total. The number of halogens is 1. The van der Waals surface area contributed by atoms with Crippen LogP contribution in [0, 0.1) is 17.7 Å². The zero-order chi connectivity index (χ0) is 12.3. The third-order valence-electron chi connectivity index (χ3n) is 3.92. The Morgan fingerprint density at radius 3 is 2.76 bits per heavy atom. The maximum absolute atomic E-state index is 13.6. The van der Waals surface area contributed by atoms with E-state index in [4.69, 9.17) is 5.84 Å². The maximum Gasteiger partial charge on any atom is 0.126 e. The summed E-state index contributed by atoms with van der Waals surface area (Å²) in [4.78, 5) is 0. The van der Waals surface area contributed by atoms with E-state index < -0.39 is 0 Å². The van der Waals surface area contributed by atoms with E-state index in [-0.39, 0.29) is 11.9 Å². The smallest absolute Gasteiger partial charge is 0.126 e. The highest BCUT2D eigenvalue weighted by molar-refractivity contribution is 5.18. The molecule has 3 unspecified atom stereocenters. The molecule has 2 rings (SSSR count). The van der Waals surface area contributed by atoms with E-state index in [2.05, 4.69) is 12.3 Å². The molecule has 94 valence electrons. The van der Waals surface area contributed by atoms with Crippen LogP contribution in [0.25, 0.3) is 0 Å². The molecule has 2 nitrogen and oxygen atoms in total. The number of nitrogens with one attached hydrogen (secondary N) is 1. The molecule has 1 aliphatic carbocycles. The van der Waals surface area contributed by atoms with Crippen LogP contribution in [-0.4, -0.2) is 6.04 Å². The lowest BCUT2D eigenvalue weighted by atomic mass is 9.92. The van der Waals surface area contributed by atoms with Crippen LogP contribution < -0.4 is 11.3 Å². The molecule has 0 aromatic heterocycles. The van der Waals surface area contributed by atoms with E-state index in [0.717, 1.165) is 11.5 Å².